The van der Waals surface area contributed by atoms with Crippen LogP contribution in [0.2, 0.25) is 5.02 Å². The molecule has 0 aliphatic carbocycles. The number of halogens is 1. The summed E-state index contributed by atoms with van der Waals surface area (Å²) in [6, 6.07) is 5.01. The second-order valence-electron chi connectivity index (χ2n) is 6.58. The Kier molecular flexibility index (Phi) is 6.17. The van der Waals surface area contributed by atoms with Crippen molar-refractivity contribution in [2.45, 2.75) is 0 Å². The van der Waals surface area contributed by atoms with Gasteiger partial charge in [0.2, 0.25) is 0 Å². The molecule has 112 valence electrons. The first-order valence-electron chi connectivity index (χ1n) is 8.31. The minimum absolute atomic E-state index is 0.116. The van der Waals surface area contributed by atoms with Crippen molar-refractivity contribution in [1.82, 2.24) is 0 Å². The highest BCUT2D eigenvalue weighted by atomic mass is 35.5. The fraction of sp³-hybridized carbons (Fsp3) is 0. The highest BCUT2D eigenvalue weighted by molar-refractivity contribution is 6.70. The summed E-state index contributed by atoms with van der Waals surface area (Å²) in [5, 5.41) is 0.289. The highest BCUT2D eigenvalue weighted by Gasteiger charge is 2.17. The first kappa shape index (κ1) is 22.3. The maximum atomic E-state index is 6.52. The Labute approximate surface area is 189 Å². The number of benzene rings is 3. The number of hydrogen-bond acceptors (Lipinski definition) is 0. The van der Waals surface area contributed by atoms with Gasteiger partial charge >= 0.3 is 0 Å². The van der Waals surface area contributed by atoms with Gasteiger partial charge in [0.25, 0.3) is 0 Å². The second-order valence-corrected chi connectivity index (χ2v) is 6.99. The molecule has 0 nitrogen and oxygen atoms in total. The van der Waals surface area contributed by atoms with Gasteiger partial charge < -0.3 is 0 Å². The molecule has 11 heteroatoms. The minimum Gasteiger partial charge on any atom is -0.112 e. The quantitative estimate of drug-likeness (QED) is 0.398. The average Bonchev–Trinajstić information content (AvgIpc) is 2.69. The molecule has 29 heavy (non-hydrogen) atoms. The molecule has 0 aromatic heterocycles. The number of rotatable bonds is 2. The van der Waals surface area contributed by atoms with Crippen LogP contribution in [0.3, 0.4) is 0 Å². The summed E-state index contributed by atoms with van der Waals surface area (Å²) in [5.41, 5.74) is 3.35. The van der Waals surface area contributed by atoms with E-state index in [1.807, 2.05) is 0 Å². The SMILES string of the molecule is [B]c1c([B])c([B])c(-c2ccc(-c3c([B])c([B])c([B])c([B])c3[B])c(Cl)c2)c([B])c1[B]. The molecule has 0 N–H and O–H groups in total. The first-order valence-corrected chi connectivity index (χ1v) is 8.69. The molecule has 3 rings (SSSR count). The van der Waals surface area contributed by atoms with Gasteiger partial charge in [-0.15, -0.1) is 32.8 Å². The van der Waals surface area contributed by atoms with Gasteiger partial charge in [-0.1, -0.05) is 45.6 Å². The predicted molar refractivity (Wildman–Crippen MR) is 136 cm³/mol. The van der Waals surface area contributed by atoms with E-state index in [1.54, 1.807) is 18.2 Å². The maximum Gasteiger partial charge on any atom is 0.113 e. The van der Waals surface area contributed by atoms with Crippen molar-refractivity contribution in [3.05, 3.63) is 23.2 Å². The Morgan fingerprint density at radius 3 is 1.17 bits per heavy atom. The van der Waals surface area contributed by atoms with Gasteiger partial charge in [-0.05, 0) is 28.3 Å². The highest BCUT2D eigenvalue weighted by Crippen LogP contribution is 2.29. The van der Waals surface area contributed by atoms with Crippen LogP contribution in [0.25, 0.3) is 22.3 Å². The Balaban J connectivity index is 2.26. The molecule has 0 spiro atoms. The third-order valence-electron chi connectivity index (χ3n) is 4.93. The molecule has 0 heterocycles. The fourth-order valence-corrected chi connectivity index (χ4v) is 3.45. The molecule has 0 unspecified atom stereocenters. The zero-order valence-electron chi connectivity index (χ0n) is 15.4. The Bertz CT molecular complexity index is 1110. The summed E-state index contributed by atoms with van der Waals surface area (Å²) < 4.78 is 0. The van der Waals surface area contributed by atoms with Crippen LogP contribution in [-0.4, -0.2) is 78.5 Å². The molecular weight excluding hydrogens is 360 g/mol. The lowest BCUT2D eigenvalue weighted by Crippen LogP contribution is -2.55. The molecule has 3 aromatic carbocycles. The smallest absolute Gasteiger partial charge is 0.112 e. The van der Waals surface area contributed by atoms with Crippen molar-refractivity contribution in [3.63, 3.8) is 0 Å². The zero-order chi connectivity index (χ0) is 21.8. The van der Waals surface area contributed by atoms with Gasteiger partial charge in [0.1, 0.15) is 78.5 Å². The van der Waals surface area contributed by atoms with Crippen molar-refractivity contribution in [3.8, 4) is 22.3 Å². The van der Waals surface area contributed by atoms with Gasteiger partial charge in [0, 0.05) is 5.02 Å². The van der Waals surface area contributed by atoms with Crippen LogP contribution in [-0.2, 0) is 0 Å². The molecule has 0 bridgehead atoms. The summed E-state index contributed by atoms with van der Waals surface area (Å²) >= 11 is 6.52. The standard InChI is InChI=1S/C18H3B10Cl/c19-9-7(10(20)14(24)17(27)13(9)23)4-1-2-5(6(29)3-4)8-11(21)15(25)18(28)16(26)12(8)22/h1-3H. The average molecular weight is 363 g/mol. The van der Waals surface area contributed by atoms with Crippen LogP contribution in [0, 0.1) is 0 Å². The van der Waals surface area contributed by atoms with Gasteiger partial charge in [-0.2, -0.15) is 0 Å². The van der Waals surface area contributed by atoms with Gasteiger partial charge in [0.15, 0.2) is 0 Å². The third kappa shape index (κ3) is 3.52. The monoisotopic (exact) mass is 364 g/mol. The molecular formula is C18H3B10Cl. The normalized spacial score (nSPS) is 10.9. The zero-order valence-corrected chi connectivity index (χ0v) is 16.1. The summed E-state index contributed by atoms with van der Waals surface area (Å²) in [4.78, 5) is 0. The van der Waals surface area contributed by atoms with Crippen molar-refractivity contribution in [1.29, 1.82) is 0 Å². The second kappa shape index (κ2) is 8.03. The summed E-state index contributed by atoms with van der Waals surface area (Å²) in [7, 11) is 59.9. The number of hydrogen-bond donors (Lipinski definition) is 0. The first-order chi connectivity index (χ1) is 13.5. The van der Waals surface area contributed by atoms with E-state index in [4.69, 9.17) is 90.1 Å². The fourth-order valence-electron chi connectivity index (χ4n) is 3.17. The van der Waals surface area contributed by atoms with Crippen LogP contribution in [0.5, 0.6) is 0 Å². The largest absolute Gasteiger partial charge is 0.113 e. The van der Waals surface area contributed by atoms with E-state index in [-0.39, 0.29) is 59.7 Å². The Morgan fingerprint density at radius 1 is 0.448 bits per heavy atom. The van der Waals surface area contributed by atoms with Crippen LogP contribution in [0.15, 0.2) is 18.2 Å². The lowest BCUT2D eigenvalue weighted by atomic mass is 9.59. The molecule has 0 aliphatic rings. The van der Waals surface area contributed by atoms with Crippen molar-refractivity contribution in [2.75, 3.05) is 0 Å². The lowest BCUT2D eigenvalue weighted by Gasteiger charge is -2.24. The predicted octanol–water partition coefficient (Wildman–Crippen LogP) is -6.39. The van der Waals surface area contributed by atoms with E-state index in [2.05, 4.69) is 0 Å². The summed E-state index contributed by atoms with van der Waals surface area (Å²) in [5.74, 6) is 0. The van der Waals surface area contributed by atoms with Gasteiger partial charge in [0.05, 0.1) is 0 Å². The van der Waals surface area contributed by atoms with Crippen LogP contribution in [0.1, 0.15) is 0 Å². The van der Waals surface area contributed by atoms with E-state index >= 15 is 0 Å². The van der Waals surface area contributed by atoms with Crippen molar-refractivity contribution in [2.24, 2.45) is 0 Å². The summed E-state index contributed by atoms with van der Waals surface area (Å²) in [6.45, 7) is 0. The Hall–Kier alpha value is -1.40. The molecule has 0 atom stereocenters. The summed E-state index contributed by atoms with van der Waals surface area (Å²) in [6.07, 6.45) is 0. The van der Waals surface area contributed by atoms with Crippen molar-refractivity contribution >= 4 is 145 Å². The van der Waals surface area contributed by atoms with Gasteiger partial charge in [-0.3, -0.25) is 0 Å². The molecule has 0 aliphatic heterocycles. The Morgan fingerprint density at radius 2 is 0.793 bits per heavy atom. The van der Waals surface area contributed by atoms with E-state index in [0.29, 0.717) is 22.3 Å². The van der Waals surface area contributed by atoms with E-state index in [1.165, 1.54) is 0 Å². The van der Waals surface area contributed by atoms with E-state index in [9.17, 15) is 0 Å². The van der Waals surface area contributed by atoms with E-state index in [0.717, 1.165) is 0 Å². The minimum atomic E-state index is 0.116. The third-order valence-corrected chi connectivity index (χ3v) is 5.24. The maximum absolute atomic E-state index is 6.52. The van der Waals surface area contributed by atoms with Crippen LogP contribution in [0.4, 0.5) is 0 Å². The lowest BCUT2D eigenvalue weighted by molar-refractivity contribution is 1.67. The molecule has 0 saturated heterocycles. The molecule has 0 amide bonds. The molecule has 3 aromatic rings. The topological polar surface area (TPSA) is 0 Å². The molecule has 0 fully saturated rings. The van der Waals surface area contributed by atoms with Crippen LogP contribution < -0.4 is 54.6 Å². The van der Waals surface area contributed by atoms with Gasteiger partial charge in [-0.25, -0.2) is 0 Å². The van der Waals surface area contributed by atoms with Crippen LogP contribution >= 0.6 is 11.6 Å². The molecule has 20 radical (unpaired) electrons. The van der Waals surface area contributed by atoms with Crippen molar-refractivity contribution < 1.29 is 0 Å². The molecule has 0 saturated carbocycles. The van der Waals surface area contributed by atoms with E-state index < -0.39 is 0 Å².